The first-order valence-electron chi connectivity index (χ1n) is 35.4. The molecular formula is C68H125N7O12. The number of hydrogen-bond donors (Lipinski definition) is 1. The van der Waals surface area contributed by atoms with E-state index in [0.717, 1.165) is 116 Å². The van der Waals surface area contributed by atoms with Crippen molar-refractivity contribution in [2.45, 2.75) is 298 Å². The molecule has 1 aromatic rings. The number of rotatable bonds is 56. The van der Waals surface area contributed by atoms with Crippen LogP contribution in [0.25, 0.3) is 0 Å². The van der Waals surface area contributed by atoms with Gasteiger partial charge in [0.1, 0.15) is 18.3 Å². The summed E-state index contributed by atoms with van der Waals surface area (Å²) in [4.78, 5) is 87.9. The van der Waals surface area contributed by atoms with Gasteiger partial charge in [0.15, 0.2) is 0 Å². The second-order valence-corrected chi connectivity index (χ2v) is 26.2. The van der Waals surface area contributed by atoms with Gasteiger partial charge in [0.2, 0.25) is 0 Å². The van der Waals surface area contributed by atoms with E-state index in [1.807, 2.05) is 0 Å². The average molecular weight is 1230 g/mol. The maximum absolute atomic E-state index is 14.0. The van der Waals surface area contributed by atoms with Crippen LogP contribution in [0.15, 0.2) is 14.4 Å². The molecule has 0 aromatic carbocycles. The summed E-state index contributed by atoms with van der Waals surface area (Å²) in [6, 6.07) is 1.49. The van der Waals surface area contributed by atoms with Gasteiger partial charge in [-0.15, -0.1) is 0 Å². The van der Waals surface area contributed by atoms with E-state index in [2.05, 4.69) is 82.3 Å². The van der Waals surface area contributed by atoms with Crippen LogP contribution in [0.1, 0.15) is 242 Å². The lowest BCUT2D eigenvalue weighted by Gasteiger charge is -2.21. The molecule has 87 heavy (non-hydrogen) atoms. The number of hydrogen-bond acceptors (Lipinski definition) is 15. The standard InChI is InChI=1S/C68H125N7O12/c1-10-16-33-57(13-4)48-82-51-60(45-70-42-54(70)7)85-63(76)36-27-21-19-24-30-39-73-66(79)74(40-31-25-20-22-28-37-64(77)86-61(46-71-43-55(71)8)52-83-49-58(14-5)34-17-11-2)68(81)75(67(73)80)41-32-26-23-29-38-69-65(78)87-62(47-72-44-56(72)9)53-84-50-59(15-6)35-18-12-3/h54-62H,10-53H2,1-9H3,(H,69,78). The highest BCUT2D eigenvalue weighted by Crippen LogP contribution is 2.22. The third-order valence-corrected chi connectivity index (χ3v) is 18.2. The summed E-state index contributed by atoms with van der Waals surface area (Å²) in [6.45, 7) is 29.0. The monoisotopic (exact) mass is 1230 g/mol. The molecule has 0 aliphatic carbocycles. The molecule has 1 N–H and O–H groups in total. The highest BCUT2D eigenvalue weighted by Gasteiger charge is 2.35. The summed E-state index contributed by atoms with van der Waals surface area (Å²) in [5.41, 5.74) is -1.75. The lowest BCUT2D eigenvalue weighted by atomic mass is 10.0. The Hall–Kier alpha value is -3.62. The van der Waals surface area contributed by atoms with E-state index in [9.17, 15) is 28.8 Å². The molecule has 1 amide bonds. The number of carbonyl (C=O) groups is 3. The summed E-state index contributed by atoms with van der Waals surface area (Å²) in [7, 11) is 0. The molecule has 12 atom stereocenters. The predicted octanol–water partition coefficient (Wildman–Crippen LogP) is 11.1. The maximum Gasteiger partial charge on any atom is 0.407 e. The van der Waals surface area contributed by atoms with Crippen molar-refractivity contribution in [1.29, 1.82) is 0 Å². The van der Waals surface area contributed by atoms with Crippen molar-refractivity contribution in [2.75, 3.05) is 85.5 Å². The van der Waals surface area contributed by atoms with Gasteiger partial charge >= 0.3 is 35.1 Å². The molecule has 19 nitrogen and oxygen atoms in total. The molecule has 504 valence electrons. The van der Waals surface area contributed by atoms with Gasteiger partial charge in [-0.3, -0.25) is 24.3 Å². The van der Waals surface area contributed by atoms with Gasteiger partial charge in [-0.2, -0.15) is 0 Å². The zero-order valence-electron chi connectivity index (χ0n) is 56.4. The third-order valence-electron chi connectivity index (χ3n) is 18.2. The van der Waals surface area contributed by atoms with Crippen LogP contribution in [0, 0.1) is 17.8 Å². The minimum absolute atomic E-state index is 0.179. The van der Waals surface area contributed by atoms with Crippen LogP contribution in [0.5, 0.6) is 0 Å². The van der Waals surface area contributed by atoms with Crippen LogP contribution in [0.2, 0.25) is 0 Å². The molecule has 19 heteroatoms. The molecule has 3 aliphatic heterocycles. The van der Waals surface area contributed by atoms with E-state index < -0.39 is 23.2 Å². The SMILES string of the molecule is CCCCC(CC)COCC(CN1CC1C)OC(=O)CCCCCCCn1c(=O)n(CCCCCCCC(=O)OC(COCC(CC)CCCC)CN2CC2C)c(=O)n(CCCCCCNC(=O)OC(COCC(CC)CCCC)CN2CC2C)c1=O. The van der Waals surface area contributed by atoms with Crippen molar-refractivity contribution in [3.8, 4) is 0 Å². The van der Waals surface area contributed by atoms with Gasteiger partial charge in [0.25, 0.3) is 0 Å². The van der Waals surface area contributed by atoms with Crippen LogP contribution in [0.3, 0.4) is 0 Å². The quantitative estimate of drug-likeness (QED) is 0.0280. The summed E-state index contributed by atoms with van der Waals surface area (Å²) in [5, 5.41) is 2.91. The third kappa shape index (κ3) is 32.3. The Morgan fingerprint density at radius 1 is 0.414 bits per heavy atom. The minimum Gasteiger partial charge on any atom is -0.459 e. The molecular weight excluding hydrogens is 1110 g/mol. The predicted molar refractivity (Wildman–Crippen MR) is 347 cm³/mol. The van der Waals surface area contributed by atoms with Gasteiger partial charge in [-0.25, -0.2) is 32.9 Å². The van der Waals surface area contributed by atoms with Gasteiger partial charge in [-0.1, -0.05) is 151 Å². The lowest BCUT2D eigenvalue weighted by molar-refractivity contribution is -0.154. The largest absolute Gasteiger partial charge is 0.459 e. The van der Waals surface area contributed by atoms with E-state index in [4.69, 9.17) is 28.4 Å². The van der Waals surface area contributed by atoms with E-state index >= 15 is 0 Å². The molecule has 12 unspecified atom stereocenters. The number of alkyl carbamates (subject to hydrolysis) is 1. The number of nitrogens with zero attached hydrogens (tertiary/aromatic N) is 6. The fourth-order valence-electron chi connectivity index (χ4n) is 11.6. The molecule has 0 saturated carbocycles. The number of esters is 2. The Morgan fingerprint density at radius 2 is 0.713 bits per heavy atom. The second kappa shape index (κ2) is 44.8. The van der Waals surface area contributed by atoms with Crippen molar-refractivity contribution in [3.05, 3.63) is 31.5 Å². The van der Waals surface area contributed by atoms with Gasteiger partial charge < -0.3 is 33.7 Å². The smallest absolute Gasteiger partial charge is 0.407 e. The van der Waals surface area contributed by atoms with Crippen LogP contribution >= 0.6 is 0 Å². The molecule has 4 heterocycles. The van der Waals surface area contributed by atoms with E-state index in [1.54, 1.807) is 0 Å². The number of ether oxygens (including phenoxy) is 6. The fraction of sp³-hybridized carbons (Fsp3) is 0.912. The zero-order valence-corrected chi connectivity index (χ0v) is 56.4. The zero-order chi connectivity index (χ0) is 63.2. The lowest BCUT2D eigenvalue weighted by Crippen LogP contribution is -2.54. The van der Waals surface area contributed by atoms with Crippen LogP contribution in [-0.2, 0) is 57.6 Å². The normalized spacial score (nSPS) is 20.7. The second-order valence-electron chi connectivity index (χ2n) is 26.2. The molecule has 3 fully saturated rings. The van der Waals surface area contributed by atoms with Crippen LogP contribution < -0.4 is 22.4 Å². The molecule has 3 aliphatic rings. The van der Waals surface area contributed by atoms with Gasteiger partial charge in [0, 0.05) is 116 Å². The number of carbonyl (C=O) groups excluding carboxylic acids is 3. The van der Waals surface area contributed by atoms with Crippen molar-refractivity contribution in [1.82, 2.24) is 33.7 Å². The van der Waals surface area contributed by atoms with Crippen molar-refractivity contribution in [3.63, 3.8) is 0 Å². The van der Waals surface area contributed by atoms with Gasteiger partial charge in [-0.05, 0) is 96.3 Å². The van der Waals surface area contributed by atoms with Crippen molar-refractivity contribution >= 4 is 18.0 Å². The molecule has 3 saturated heterocycles. The first-order valence-corrected chi connectivity index (χ1v) is 35.4. The topological polar surface area (TPSA) is 194 Å². The van der Waals surface area contributed by atoms with Crippen molar-refractivity contribution in [2.24, 2.45) is 17.8 Å². The fourth-order valence-corrected chi connectivity index (χ4v) is 11.6. The maximum atomic E-state index is 14.0. The average Bonchev–Trinajstić information content (AvgIpc) is 2.30. The molecule has 0 spiro atoms. The van der Waals surface area contributed by atoms with E-state index in [1.165, 1.54) is 45.8 Å². The summed E-state index contributed by atoms with van der Waals surface area (Å²) in [6.07, 6.45) is 23.1. The molecule has 4 rings (SSSR count). The van der Waals surface area contributed by atoms with Crippen molar-refractivity contribution < 1.29 is 42.8 Å². The minimum atomic E-state index is -0.585. The number of aromatic nitrogens is 3. The number of nitrogens with one attached hydrogen (secondary N) is 1. The highest BCUT2D eigenvalue weighted by molar-refractivity contribution is 5.70. The Balaban J connectivity index is 1.26. The van der Waals surface area contributed by atoms with E-state index in [0.29, 0.717) is 153 Å². The van der Waals surface area contributed by atoms with Crippen LogP contribution in [0.4, 0.5) is 4.79 Å². The molecule has 1 aromatic heterocycles. The summed E-state index contributed by atoms with van der Waals surface area (Å²) >= 11 is 0. The Bertz CT molecular complexity index is 1940. The first kappa shape index (κ1) is 75.8. The number of unbranched alkanes of at least 4 members (excludes halogenated alkanes) is 14. The Labute approximate surface area is 525 Å². The summed E-state index contributed by atoms with van der Waals surface area (Å²) < 4.78 is 39.8. The Morgan fingerprint density at radius 3 is 1.02 bits per heavy atom. The highest BCUT2D eigenvalue weighted by atomic mass is 16.6. The Kier molecular flexibility index (Phi) is 39.0. The van der Waals surface area contributed by atoms with Gasteiger partial charge in [0.05, 0.1) is 19.8 Å². The van der Waals surface area contributed by atoms with E-state index in [-0.39, 0.29) is 49.9 Å². The molecule has 0 radical (unpaired) electrons. The van der Waals surface area contributed by atoms with Crippen LogP contribution in [-0.4, -0.2) is 168 Å². The first-order chi connectivity index (χ1) is 42.1. The number of amides is 1. The summed E-state index contributed by atoms with van der Waals surface area (Å²) in [5.74, 6) is 1.14. The molecule has 0 bridgehead atoms.